The number of carbonyl (C=O) groups excluding carboxylic acids is 1. The van der Waals surface area contributed by atoms with Gasteiger partial charge < -0.3 is 15.2 Å². The van der Waals surface area contributed by atoms with Crippen LogP contribution in [0.4, 0.5) is 0 Å². The summed E-state index contributed by atoms with van der Waals surface area (Å²) in [6.07, 6.45) is 0. The van der Waals surface area contributed by atoms with Crippen LogP contribution >= 0.6 is 0 Å². The first-order valence-electron chi connectivity index (χ1n) is 9.37. The van der Waals surface area contributed by atoms with Crippen LogP contribution in [0.3, 0.4) is 0 Å². The van der Waals surface area contributed by atoms with Crippen molar-refractivity contribution in [2.45, 2.75) is 6.54 Å². The summed E-state index contributed by atoms with van der Waals surface area (Å²) >= 11 is 0. The van der Waals surface area contributed by atoms with Crippen LogP contribution in [-0.4, -0.2) is 32.9 Å². The SMILES string of the molecule is COc1cc(CNC(=O)c2nc(-c3ccccc3)n(-c3ccccc3)n2)ccc1O. The molecule has 2 N–H and O–H groups in total. The Bertz CT molecular complexity index is 1100. The summed E-state index contributed by atoms with van der Waals surface area (Å²) in [6, 6.07) is 24.1. The lowest BCUT2D eigenvalue weighted by Gasteiger charge is -2.07. The van der Waals surface area contributed by atoms with E-state index in [4.69, 9.17) is 4.74 Å². The Kier molecular flexibility index (Phi) is 5.43. The number of aromatic hydroxyl groups is 1. The third-order valence-corrected chi connectivity index (χ3v) is 4.54. The van der Waals surface area contributed by atoms with Gasteiger partial charge in [0.2, 0.25) is 5.82 Å². The second-order valence-electron chi connectivity index (χ2n) is 6.56. The van der Waals surface area contributed by atoms with Crippen LogP contribution in [0.2, 0.25) is 0 Å². The van der Waals surface area contributed by atoms with Gasteiger partial charge in [-0.3, -0.25) is 4.79 Å². The van der Waals surface area contributed by atoms with Gasteiger partial charge in [0.25, 0.3) is 5.91 Å². The maximum atomic E-state index is 12.7. The molecular weight excluding hydrogens is 380 g/mol. The molecule has 1 aromatic heterocycles. The van der Waals surface area contributed by atoms with Gasteiger partial charge in [0.1, 0.15) is 0 Å². The number of benzene rings is 3. The first-order chi connectivity index (χ1) is 14.7. The van der Waals surface area contributed by atoms with Crippen molar-refractivity contribution in [3.63, 3.8) is 0 Å². The fourth-order valence-electron chi connectivity index (χ4n) is 3.02. The van der Waals surface area contributed by atoms with Crippen LogP contribution in [0.1, 0.15) is 16.2 Å². The fourth-order valence-corrected chi connectivity index (χ4v) is 3.02. The smallest absolute Gasteiger partial charge is 0.291 e. The molecule has 0 atom stereocenters. The van der Waals surface area contributed by atoms with Crippen molar-refractivity contribution in [3.05, 3.63) is 90.3 Å². The molecule has 7 nitrogen and oxygen atoms in total. The van der Waals surface area contributed by atoms with Gasteiger partial charge >= 0.3 is 0 Å². The fraction of sp³-hybridized carbons (Fsp3) is 0.0870. The number of carbonyl (C=O) groups is 1. The van der Waals surface area contributed by atoms with Gasteiger partial charge in [-0.2, -0.15) is 0 Å². The summed E-state index contributed by atoms with van der Waals surface area (Å²) in [5.41, 5.74) is 2.45. The molecule has 0 bridgehead atoms. The molecule has 0 saturated heterocycles. The summed E-state index contributed by atoms with van der Waals surface area (Å²) < 4.78 is 6.76. The molecule has 0 radical (unpaired) electrons. The van der Waals surface area contributed by atoms with Gasteiger partial charge in [-0.15, -0.1) is 5.10 Å². The highest BCUT2D eigenvalue weighted by Gasteiger charge is 2.18. The third-order valence-electron chi connectivity index (χ3n) is 4.54. The molecule has 0 spiro atoms. The summed E-state index contributed by atoms with van der Waals surface area (Å²) in [5.74, 6) is 0.651. The number of phenols is 1. The first kappa shape index (κ1) is 19.2. The number of nitrogens with one attached hydrogen (secondary N) is 1. The van der Waals surface area contributed by atoms with Crippen LogP contribution in [0.5, 0.6) is 11.5 Å². The quantitative estimate of drug-likeness (QED) is 0.516. The Balaban J connectivity index is 1.61. The molecule has 4 rings (SSSR count). The number of para-hydroxylation sites is 1. The summed E-state index contributed by atoms with van der Waals surface area (Å²) in [6.45, 7) is 0.246. The Morgan fingerprint density at radius 2 is 1.73 bits per heavy atom. The second kappa shape index (κ2) is 8.48. The monoisotopic (exact) mass is 400 g/mol. The third kappa shape index (κ3) is 4.00. The maximum Gasteiger partial charge on any atom is 0.291 e. The number of rotatable bonds is 6. The molecule has 150 valence electrons. The number of hydrogen-bond donors (Lipinski definition) is 2. The van der Waals surface area contributed by atoms with Gasteiger partial charge in [0, 0.05) is 12.1 Å². The predicted octanol–water partition coefficient (Wildman–Crippen LogP) is 3.58. The zero-order valence-electron chi connectivity index (χ0n) is 16.3. The van der Waals surface area contributed by atoms with Crippen molar-refractivity contribution in [3.8, 4) is 28.6 Å². The molecule has 4 aromatic rings. The zero-order valence-corrected chi connectivity index (χ0v) is 16.3. The number of nitrogens with zero attached hydrogens (tertiary/aromatic N) is 3. The molecule has 1 amide bonds. The molecule has 30 heavy (non-hydrogen) atoms. The number of amides is 1. The number of phenolic OH excluding ortho intramolecular Hbond substituents is 1. The second-order valence-corrected chi connectivity index (χ2v) is 6.56. The van der Waals surface area contributed by atoms with E-state index in [0.717, 1.165) is 16.8 Å². The van der Waals surface area contributed by atoms with E-state index in [1.165, 1.54) is 13.2 Å². The molecule has 1 heterocycles. The number of aromatic nitrogens is 3. The lowest BCUT2D eigenvalue weighted by molar-refractivity contribution is 0.0940. The van der Waals surface area contributed by atoms with Crippen LogP contribution in [0.25, 0.3) is 17.1 Å². The van der Waals surface area contributed by atoms with E-state index >= 15 is 0 Å². The standard InChI is InChI=1S/C23H20N4O3/c1-30-20-14-16(12-13-19(20)28)15-24-23(29)21-25-22(17-8-4-2-5-9-17)27(26-21)18-10-6-3-7-11-18/h2-14,28H,15H2,1H3,(H,24,29). The van der Waals surface area contributed by atoms with Gasteiger partial charge in [-0.05, 0) is 29.8 Å². The average molecular weight is 400 g/mol. The lowest BCUT2D eigenvalue weighted by Crippen LogP contribution is -2.24. The number of hydrogen-bond acceptors (Lipinski definition) is 5. The van der Waals surface area contributed by atoms with Crippen LogP contribution in [0, 0.1) is 0 Å². The predicted molar refractivity (Wildman–Crippen MR) is 113 cm³/mol. The first-order valence-corrected chi connectivity index (χ1v) is 9.37. The van der Waals surface area contributed by atoms with Crippen molar-refractivity contribution in [1.29, 1.82) is 0 Å². The lowest BCUT2D eigenvalue weighted by atomic mass is 10.2. The summed E-state index contributed by atoms with van der Waals surface area (Å²) in [5, 5.41) is 17.0. The van der Waals surface area contributed by atoms with E-state index in [-0.39, 0.29) is 18.1 Å². The Labute approximate surface area is 173 Å². The minimum Gasteiger partial charge on any atom is -0.504 e. The highest BCUT2D eigenvalue weighted by molar-refractivity contribution is 5.91. The Morgan fingerprint density at radius 3 is 2.43 bits per heavy atom. The van der Waals surface area contributed by atoms with E-state index < -0.39 is 5.91 Å². The minimum atomic E-state index is -0.395. The summed E-state index contributed by atoms with van der Waals surface area (Å²) in [7, 11) is 1.47. The van der Waals surface area contributed by atoms with Crippen molar-refractivity contribution < 1.29 is 14.6 Å². The normalized spacial score (nSPS) is 10.6. The minimum absolute atomic E-state index is 0.0448. The van der Waals surface area contributed by atoms with E-state index in [1.807, 2.05) is 60.7 Å². The van der Waals surface area contributed by atoms with Gasteiger partial charge in [0.05, 0.1) is 12.8 Å². The Hall–Kier alpha value is -4.13. The molecular formula is C23H20N4O3. The topological polar surface area (TPSA) is 89.3 Å². The molecule has 0 saturated carbocycles. The number of ether oxygens (including phenoxy) is 1. The molecule has 7 heteroatoms. The molecule has 0 aliphatic heterocycles. The van der Waals surface area contributed by atoms with Crippen molar-refractivity contribution in [1.82, 2.24) is 20.1 Å². The van der Waals surface area contributed by atoms with Crippen LogP contribution < -0.4 is 10.1 Å². The highest BCUT2D eigenvalue weighted by Crippen LogP contribution is 2.26. The van der Waals surface area contributed by atoms with Gasteiger partial charge in [0.15, 0.2) is 17.3 Å². The van der Waals surface area contributed by atoms with Crippen molar-refractivity contribution in [2.75, 3.05) is 7.11 Å². The van der Waals surface area contributed by atoms with Crippen molar-refractivity contribution in [2.24, 2.45) is 0 Å². The zero-order chi connectivity index (χ0) is 20.9. The van der Waals surface area contributed by atoms with E-state index in [0.29, 0.717) is 11.6 Å². The van der Waals surface area contributed by atoms with Crippen molar-refractivity contribution >= 4 is 5.91 Å². The molecule has 3 aromatic carbocycles. The summed E-state index contributed by atoms with van der Waals surface area (Å²) in [4.78, 5) is 17.2. The highest BCUT2D eigenvalue weighted by atomic mass is 16.5. The maximum absolute atomic E-state index is 12.7. The molecule has 0 aliphatic rings. The van der Waals surface area contributed by atoms with Gasteiger partial charge in [-0.25, -0.2) is 9.67 Å². The molecule has 0 aliphatic carbocycles. The van der Waals surface area contributed by atoms with Crippen LogP contribution in [-0.2, 0) is 6.54 Å². The van der Waals surface area contributed by atoms with E-state index in [9.17, 15) is 9.90 Å². The van der Waals surface area contributed by atoms with E-state index in [1.54, 1.807) is 16.8 Å². The largest absolute Gasteiger partial charge is 0.504 e. The number of methoxy groups -OCH3 is 1. The van der Waals surface area contributed by atoms with Crippen LogP contribution in [0.15, 0.2) is 78.9 Å². The molecule has 0 unspecified atom stereocenters. The van der Waals surface area contributed by atoms with Gasteiger partial charge in [-0.1, -0.05) is 54.6 Å². The Morgan fingerprint density at radius 1 is 1.03 bits per heavy atom. The molecule has 0 fully saturated rings. The van der Waals surface area contributed by atoms with E-state index in [2.05, 4.69) is 15.4 Å². The average Bonchev–Trinajstić information content (AvgIpc) is 3.25.